The van der Waals surface area contributed by atoms with Gasteiger partial charge >= 0.3 is 17.9 Å². The number of ether oxygens (including phenoxy) is 4. The first kappa shape index (κ1) is 29.9. The lowest BCUT2D eigenvalue weighted by atomic mass is 9.80. The van der Waals surface area contributed by atoms with E-state index in [-0.39, 0.29) is 18.8 Å². The van der Waals surface area contributed by atoms with Gasteiger partial charge in [0.25, 0.3) is 0 Å². The van der Waals surface area contributed by atoms with Crippen LogP contribution in [0.5, 0.6) is 0 Å². The van der Waals surface area contributed by atoms with Crippen LogP contribution in [0.15, 0.2) is 35.1 Å². The lowest BCUT2D eigenvalue weighted by molar-refractivity contribution is -0.167. The molecule has 0 aromatic rings. The Bertz CT molecular complexity index is 994. The number of carbonyl (C=O) groups is 3. The monoisotopic (exact) mass is 532 g/mol. The lowest BCUT2D eigenvalue weighted by Crippen LogP contribution is -2.44. The maximum absolute atomic E-state index is 13.1. The molecule has 212 valence electrons. The van der Waals surface area contributed by atoms with E-state index in [1.165, 1.54) is 0 Å². The van der Waals surface area contributed by atoms with Crippen molar-refractivity contribution >= 4 is 17.9 Å². The SMILES string of the molecule is C=C(C)O[C@H]1CC[C@]2(O)[C@@H](C)C(=O)O[C@H]2C2=C(C)[C@H](OC(=O)/C(C)=C\C)[C@@H](OC(=O)CCCCCCC)[C@H]21. The Hall–Kier alpha value is -2.61. The zero-order chi connectivity index (χ0) is 28.2. The van der Waals surface area contributed by atoms with Gasteiger partial charge in [-0.2, -0.15) is 0 Å². The maximum Gasteiger partial charge on any atom is 0.334 e. The Kier molecular flexibility index (Phi) is 9.85. The summed E-state index contributed by atoms with van der Waals surface area (Å²) in [6.07, 6.45) is 4.21. The number of allylic oxidation sites excluding steroid dienone is 2. The number of esters is 3. The van der Waals surface area contributed by atoms with Crippen molar-refractivity contribution in [3.8, 4) is 0 Å². The summed E-state index contributed by atoms with van der Waals surface area (Å²) in [6.45, 7) is 14.6. The topological polar surface area (TPSA) is 108 Å². The molecule has 1 saturated heterocycles. The second-order valence-corrected chi connectivity index (χ2v) is 11.0. The van der Waals surface area contributed by atoms with Crippen molar-refractivity contribution in [2.24, 2.45) is 11.8 Å². The summed E-state index contributed by atoms with van der Waals surface area (Å²) < 4.78 is 23.9. The van der Waals surface area contributed by atoms with E-state index in [4.69, 9.17) is 18.9 Å². The van der Waals surface area contributed by atoms with E-state index in [1.807, 2.05) is 0 Å². The number of hydrogen-bond donors (Lipinski definition) is 1. The summed E-state index contributed by atoms with van der Waals surface area (Å²) in [5, 5.41) is 11.7. The van der Waals surface area contributed by atoms with E-state index in [2.05, 4.69) is 13.5 Å². The van der Waals surface area contributed by atoms with Crippen molar-refractivity contribution in [2.75, 3.05) is 0 Å². The van der Waals surface area contributed by atoms with Crippen LogP contribution in [0.25, 0.3) is 0 Å². The Labute approximate surface area is 226 Å². The van der Waals surface area contributed by atoms with E-state index in [0.29, 0.717) is 35.3 Å². The molecule has 2 fully saturated rings. The fraction of sp³-hybridized carbons (Fsp3) is 0.700. The van der Waals surface area contributed by atoms with Gasteiger partial charge in [0.2, 0.25) is 0 Å². The van der Waals surface area contributed by atoms with Crippen LogP contribution < -0.4 is 0 Å². The van der Waals surface area contributed by atoms with E-state index in [0.717, 1.165) is 25.7 Å². The van der Waals surface area contributed by atoms with Gasteiger partial charge in [-0.25, -0.2) is 4.79 Å². The molecule has 3 rings (SSSR count). The van der Waals surface area contributed by atoms with Crippen molar-refractivity contribution in [3.05, 3.63) is 35.1 Å². The molecule has 3 aliphatic rings. The van der Waals surface area contributed by atoms with Gasteiger partial charge in [0.05, 0.1) is 17.6 Å². The fourth-order valence-electron chi connectivity index (χ4n) is 5.91. The number of rotatable bonds is 11. The predicted molar refractivity (Wildman–Crippen MR) is 142 cm³/mol. The number of carbonyl (C=O) groups excluding carboxylic acids is 3. The summed E-state index contributed by atoms with van der Waals surface area (Å²) in [5.74, 6) is -2.25. The van der Waals surface area contributed by atoms with Gasteiger partial charge in [0, 0.05) is 12.0 Å². The van der Waals surface area contributed by atoms with Gasteiger partial charge in [0.15, 0.2) is 18.3 Å². The van der Waals surface area contributed by atoms with Crippen LogP contribution in [0.2, 0.25) is 0 Å². The molecule has 0 radical (unpaired) electrons. The van der Waals surface area contributed by atoms with Gasteiger partial charge in [0.1, 0.15) is 11.7 Å². The van der Waals surface area contributed by atoms with Gasteiger partial charge in [-0.05, 0) is 65.0 Å². The largest absolute Gasteiger partial charge is 0.495 e. The van der Waals surface area contributed by atoms with Crippen molar-refractivity contribution < 1.29 is 38.4 Å². The highest BCUT2D eigenvalue weighted by Gasteiger charge is 2.63. The van der Waals surface area contributed by atoms with Crippen LogP contribution in [0, 0.1) is 11.8 Å². The first-order valence-corrected chi connectivity index (χ1v) is 13.9. The normalized spacial score (nSPS) is 32.7. The van der Waals surface area contributed by atoms with E-state index in [1.54, 1.807) is 40.7 Å². The molecule has 7 atom stereocenters. The number of aliphatic hydroxyl groups is 1. The molecule has 8 nitrogen and oxygen atoms in total. The predicted octanol–water partition coefficient (Wildman–Crippen LogP) is 5.09. The van der Waals surface area contributed by atoms with Crippen molar-refractivity contribution in [2.45, 2.75) is 123 Å². The smallest absolute Gasteiger partial charge is 0.334 e. The van der Waals surface area contributed by atoms with Crippen LogP contribution in [-0.4, -0.2) is 53.0 Å². The first-order chi connectivity index (χ1) is 18.0. The second kappa shape index (κ2) is 12.5. The lowest BCUT2D eigenvalue weighted by Gasteiger charge is -2.32. The van der Waals surface area contributed by atoms with Gasteiger partial charge in [-0.3, -0.25) is 9.59 Å². The van der Waals surface area contributed by atoms with Crippen molar-refractivity contribution in [3.63, 3.8) is 0 Å². The quantitative estimate of drug-likeness (QED) is 0.0979. The Morgan fingerprint density at radius 3 is 2.47 bits per heavy atom. The molecule has 1 heterocycles. The Balaban J connectivity index is 2.01. The molecule has 2 aliphatic carbocycles. The van der Waals surface area contributed by atoms with Crippen molar-refractivity contribution in [1.29, 1.82) is 0 Å². The summed E-state index contributed by atoms with van der Waals surface area (Å²) in [7, 11) is 0. The minimum atomic E-state index is -1.45. The molecule has 8 heteroatoms. The summed E-state index contributed by atoms with van der Waals surface area (Å²) in [5.41, 5.74) is 0.176. The molecule has 0 amide bonds. The third-order valence-electron chi connectivity index (χ3n) is 8.29. The molecule has 1 saturated carbocycles. The minimum Gasteiger partial charge on any atom is -0.495 e. The second-order valence-electron chi connectivity index (χ2n) is 11.0. The zero-order valence-corrected chi connectivity index (χ0v) is 23.7. The molecule has 0 bridgehead atoms. The summed E-state index contributed by atoms with van der Waals surface area (Å²) in [4.78, 5) is 38.6. The average Bonchev–Trinajstić information content (AvgIpc) is 3.20. The summed E-state index contributed by atoms with van der Waals surface area (Å²) in [6, 6.07) is 0. The standard InChI is InChI=1S/C30H44O8/c1-8-10-11-12-13-14-22(31)36-26-24-21(35-17(3)4)15-16-30(34)20(7)29(33)38-27(30)23(24)19(6)25(26)37-28(32)18(5)9-2/h9,20-21,24-27,34H,3,8,10-16H2,1-2,4-7H3/b18-9-/t20-,21-,24-,25-,26-,27-,30-/m0/s1. The molecular weight excluding hydrogens is 488 g/mol. The highest BCUT2D eigenvalue weighted by atomic mass is 16.6. The van der Waals surface area contributed by atoms with Gasteiger partial charge in [-0.1, -0.05) is 45.3 Å². The molecule has 0 aromatic heterocycles. The average molecular weight is 533 g/mol. The number of unbranched alkanes of at least 4 members (excludes halogenated alkanes) is 4. The van der Waals surface area contributed by atoms with E-state index >= 15 is 0 Å². The van der Waals surface area contributed by atoms with Crippen LogP contribution in [0.4, 0.5) is 0 Å². The van der Waals surface area contributed by atoms with Crippen molar-refractivity contribution in [1.82, 2.24) is 0 Å². The molecule has 1 aliphatic heterocycles. The number of hydrogen-bond acceptors (Lipinski definition) is 8. The number of fused-ring (bicyclic) bond motifs is 3. The molecule has 38 heavy (non-hydrogen) atoms. The third kappa shape index (κ3) is 6.00. The maximum atomic E-state index is 13.1. The Morgan fingerprint density at radius 1 is 1.16 bits per heavy atom. The van der Waals surface area contributed by atoms with Crippen LogP contribution in [0.1, 0.15) is 92.9 Å². The van der Waals surface area contributed by atoms with E-state index < -0.39 is 53.8 Å². The molecule has 0 spiro atoms. The minimum absolute atomic E-state index is 0.251. The van der Waals surface area contributed by atoms with Crippen LogP contribution >= 0.6 is 0 Å². The molecular formula is C30H44O8. The first-order valence-electron chi connectivity index (χ1n) is 13.9. The Morgan fingerprint density at radius 2 is 1.84 bits per heavy atom. The van der Waals surface area contributed by atoms with Gasteiger partial charge in [-0.15, -0.1) is 0 Å². The molecule has 0 aromatic carbocycles. The van der Waals surface area contributed by atoms with Crippen LogP contribution in [-0.2, 0) is 33.3 Å². The zero-order valence-electron chi connectivity index (χ0n) is 23.7. The fourth-order valence-corrected chi connectivity index (χ4v) is 5.91. The molecule has 1 N–H and O–H groups in total. The summed E-state index contributed by atoms with van der Waals surface area (Å²) >= 11 is 0. The van der Waals surface area contributed by atoms with E-state index in [9.17, 15) is 19.5 Å². The third-order valence-corrected chi connectivity index (χ3v) is 8.29. The highest BCUT2D eigenvalue weighted by molar-refractivity contribution is 5.88. The van der Waals surface area contributed by atoms with Gasteiger partial charge < -0.3 is 24.1 Å². The highest BCUT2D eigenvalue weighted by Crippen LogP contribution is 2.53. The van der Waals surface area contributed by atoms with Crippen LogP contribution in [0.3, 0.4) is 0 Å². The molecule has 0 unspecified atom stereocenters.